The number of hydrogen-bond donors (Lipinski definition) is 1. The van der Waals surface area contributed by atoms with Gasteiger partial charge in [-0.1, -0.05) is 39.1 Å². The van der Waals surface area contributed by atoms with Crippen LogP contribution in [-0.4, -0.2) is 15.0 Å². The largest absolute Gasteiger partial charge is 0.341 e. The molecule has 1 N–H and O–H groups in total. The minimum atomic E-state index is 0.543. The minimum absolute atomic E-state index is 0.543. The molecule has 106 valence electrons. The van der Waals surface area contributed by atoms with Gasteiger partial charge in [0.1, 0.15) is 10.3 Å². The summed E-state index contributed by atoms with van der Waals surface area (Å²) in [6.07, 6.45) is 3.63. The lowest BCUT2D eigenvalue weighted by molar-refractivity contribution is 0.632. The third-order valence-electron chi connectivity index (χ3n) is 3.04. The lowest BCUT2D eigenvalue weighted by atomic mass is 10.1. The van der Waals surface area contributed by atoms with E-state index >= 15 is 0 Å². The highest BCUT2D eigenvalue weighted by Crippen LogP contribution is 2.24. The van der Waals surface area contributed by atoms with E-state index < -0.39 is 0 Å². The van der Waals surface area contributed by atoms with Gasteiger partial charge in [0.2, 0.25) is 0 Å². The summed E-state index contributed by atoms with van der Waals surface area (Å²) in [5, 5.41) is 0. The van der Waals surface area contributed by atoms with Crippen molar-refractivity contribution in [1.82, 2.24) is 15.0 Å². The van der Waals surface area contributed by atoms with Gasteiger partial charge in [-0.05, 0) is 46.3 Å². The molecule has 0 saturated carbocycles. The van der Waals surface area contributed by atoms with Gasteiger partial charge in [0.05, 0.1) is 4.47 Å². The Morgan fingerprint density at radius 1 is 1.40 bits per heavy atom. The van der Waals surface area contributed by atoms with Crippen LogP contribution in [0, 0.1) is 10.6 Å². The van der Waals surface area contributed by atoms with Crippen LogP contribution in [0.4, 0.5) is 0 Å². The molecular formula is C15H18BrN3S. The Kier molecular flexibility index (Phi) is 5.05. The number of hydrogen-bond acceptors (Lipinski definition) is 3. The first-order valence-electron chi connectivity index (χ1n) is 6.75. The van der Waals surface area contributed by atoms with Crippen molar-refractivity contribution in [3.63, 3.8) is 0 Å². The van der Waals surface area contributed by atoms with Gasteiger partial charge in [-0.2, -0.15) is 0 Å². The van der Waals surface area contributed by atoms with Gasteiger partial charge in [0, 0.05) is 11.9 Å². The molecular weight excluding hydrogens is 334 g/mol. The third-order valence-corrected chi connectivity index (χ3v) is 4.46. The predicted octanol–water partition coefficient (Wildman–Crippen LogP) is 4.72. The lowest BCUT2D eigenvalue weighted by Crippen LogP contribution is -2.04. The Morgan fingerprint density at radius 3 is 2.80 bits per heavy atom. The van der Waals surface area contributed by atoms with Crippen LogP contribution in [0.25, 0.3) is 11.5 Å². The maximum absolute atomic E-state index is 5.35. The van der Waals surface area contributed by atoms with Crippen LogP contribution < -0.4 is 0 Å². The fourth-order valence-electron chi connectivity index (χ4n) is 2.10. The van der Waals surface area contributed by atoms with E-state index in [1.807, 2.05) is 6.07 Å². The highest BCUT2D eigenvalue weighted by molar-refractivity contribution is 9.10. The normalized spacial score (nSPS) is 11.1. The van der Waals surface area contributed by atoms with Gasteiger partial charge in [-0.3, -0.25) is 4.98 Å². The van der Waals surface area contributed by atoms with Crippen molar-refractivity contribution in [2.45, 2.75) is 33.6 Å². The summed E-state index contributed by atoms with van der Waals surface area (Å²) in [6, 6.07) is 4.02. The Labute approximate surface area is 133 Å². The van der Waals surface area contributed by atoms with Gasteiger partial charge < -0.3 is 4.98 Å². The SMILES string of the molecule is CCc1cccnc1-c1nc(=S)c(Br)c(CC(C)C)[nH]1. The molecule has 2 aromatic heterocycles. The van der Waals surface area contributed by atoms with Gasteiger partial charge in [0.15, 0.2) is 5.82 Å². The number of nitrogens with one attached hydrogen (secondary N) is 1. The molecule has 0 fully saturated rings. The quantitative estimate of drug-likeness (QED) is 0.809. The van der Waals surface area contributed by atoms with Crippen LogP contribution in [0.1, 0.15) is 32.0 Å². The maximum atomic E-state index is 5.35. The van der Waals surface area contributed by atoms with Crippen molar-refractivity contribution >= 4 is 28.1 Å². The molecule has 3 nitrogen and oxygen atoms in total. The van der Waals surface area contributed by atoms with E-state index in [4.69, 9.17) is 12.2 Å². The maximum Gasteiger partial charge on any atom is 0.158 e. The molecule has 0 saturated heterocycles. The topological polar surface area (TPSA) is 41.6 Å². The zero-order valence-electron chi connectivity index (χ0n) is 11.9. The number of rotatable bonds is 4. The van der Waals surface area contributed by atoms with E-state index in [-0.39, 0.29) is 0 Å². The Balaban J connectivity index is 2.58. The predicted molar refractivity (Wildman–Crippen MR) is 88.3 cm³/mol. The molecule has 0 aromatic carbocycles. The van der Waals surface area contributed by atoms with Gasteiger partial charge in [-0.25, -0.2) is 4.98 Å². The van der Waals surface area contributed by atoms with Crippen LogP contribution in [-0.2, 0) is 12.8 Å². The first-order chi connectivity index (χ1) is 9.52. The van der Waals surface area contributed by atoms with Crippen molar-refractivity contribution in [2.24, 2.45) is 5.92 Å². The molecule has 0 spiro atoms. The molecule has 0 aliphatic rings. The zero-order chi connectivity index (χ0) is 14.7. The Hall–Kier alpha value is -1.07. The number of aromatic amines is 1. The molecule has 0 bridgehead atoms. The summed E-state index contributed by atoms with van der Waals surface area (Å²) in [5.41, 5.74) is 3.14. The monoisotopic (exact) mass is 351 g/mol. The van der Waals surface area contributed by atoms with Crippen molar-refractivity contribution in [3.05, 3.63) is 38.7 Å². The molecule has 0 aliphatic carbocycles. The second-order valence-corrected chi connectivity index (χ2v) is 6.33. The number of pyridine rings is 1. The van der Waals surface area contributed by atoms with Gasteiger partial charge in [0.25, 0.3) is 0 Å². The van der Waals surface area contributed by atoms with E-state index in [0.29, 0.717) is 10.6 Å². The summed E-state index contributed by atoms with van der Waals surface area (Å²) in [6.45, 7) is 6.48. The third kappa shape index (κ3) is 3.33. The average molecular weight is 352 g/mol. The number of nitrogens with zero attached hydrogens (tertiary/aromatic N) is 2. The fourth-order valence-corrected chi connectivity index (χ4v) is 2.67. The van der Waals surface area contributed by atoms with Crippen molar-refractivity contribution in [1.29, 1.82) is 0 Å². The molecule has 0 amide bonds. The first-order valence-corrected chi connectivity index (χ1v) is 7.96. The number of H-pyrrole nitrogens is 1. The van der Waals surface area contributed by atoms with Crippen molar-refractivity contribution in [3.8, 4) is 11.5 Å². The summed E-state index contributed by atoms with van der Waals surface area (Å²) < 4.78 is 1.47. The molecule has 0 aliphatic heterocycles. The van der Waals surface area contributed by atoms with Crippen LogP contribution in [0.5, 0.6) is 0 Å². The standard InChI is InChI=1S/C15H18BrN3S/c1-4-10-6-5-7-17-13(10)14-18-11(8-9(2)3)12(16)15(20)19-14/h5-7,9H,4,8H2,1-3H3,(H,18,19,20). The highest BCUT2D eigenvalue weighted by Gasteiger charge is 2.12. The Bertz CT molecular complexity index is 664. The van der Waals surface area contributed by atoms with Crippen molar-refractivity contribution in [2.75, 3.05) is 0 Å². The highest BCUT2D eigenvalue weighted by atomic mass is 79.9. The minimum Gasteiger partial charge on any atom is -0.341 e. The van der Waals surface area contributed by atoms with E-state index in [2.05, 4.69) is 57.7 Å². The second kappa shape index (κ2) is 6.59. The molecule has 0 atom stereocenters. The summed E-state index contributed by atoms with van der Waals surface area (Å²) in [5.74, 6) is 1.30. The molecule has 2 heterocycles. The van der Waals surface area contributed by atoms with E-state index in [0.717, 1.165) is 34.5 Å². The summed E-state index contributed by atoms with van der Waals surface area (Å²) >= 11 is 8.89. The number of aromatic nitrogens is 3. The van der Waals surface area contributed by atoms with Gasteiger partial charge >= 0.3 is 0 Å². The summed E-state index contributed by atoms with van der Waals surface area (Å²) in [4.78, 5) is 12.3. The first kappa shape index (κ1) is 15.3. The van der Waals surface area contributed by atoms with Crippen LogP contribution in [0.2, 0.25) is 0 Å². The van der Waals surface area contributed by atoms with Crippen LogP contribution >= 0.6 is 28.1 Å². The zero-order valence-corrected chi connectivity index (χ0v) is 14.3. The average Bonchev–Trinajstić information content (AvgIpc) is 2.43. The molecule has 2 aromatic rings. The van der Waals surface area contributed by atoms with Crippen LogP contribution in [0.15, 0.2) is 22.8 Å². The van der Waals surface area contributed by atoms with Gasteiger partial charge in [-0.15, -0.1) is 0 Å². The molecule has 0 unspecified atom stereocenters. The lowest BCUT2D eigenvalue weighted by Gasteiger charge is -2.12. The van der Waals surface area contributed by atoms with Crippen LogP contribution in [0.3, 0.4) is 0 Å². The van der Waals surface area contributed by atoms with E-state index in [9.17, 15) is 0 Å². The molecule has 5 heteroatoms. The van der Waals surface area contributed by atoms with Crippen molar-refractivity contribution < 1.29 is 0 Å². The smallest absolute Gasteiger partial charge is 0.158 e. The number of aryl methyl sites for hydroxylation is 1. The molecule has 20 heavy (non-hydrogen) atoms. The van der Waals surface area contributed by atoms with E-state index in [1.54, 1.807) is 6.20 Å². The summed E-state index contributed by atoms with van der Waals surface area (Å²) in [7, 11) is 0. The molecule has 2 rings (SSSR count). The second-order valence-electron chi connectivity index (χ2n) is 5.15. The Morgan fingerprint density at radius 2 is 2.15 bits per heavy atom. The number of halogens is 1. The molecule has 0 radical (unpaired) electrons. The fraction of sp³-hybridized carbons (Fsp3) is 0.400. The van der Waals surface area contributed by atoms with E-state index in [1.165, 1.54) is 5.56 Å².